The Morgan fingerprint density at radius 1 is 1.35 bits per heavy atom. The van der Waals surface area contributed by atoms with Crippen molar-refractivity contribution in [3.05, 3.63) is 42.2 Å². The highest BCUT2D eigenvalue weighted by atomic mass is 14.9. The molecule has 17 heavy (non-hydrogen) atoms. The summed E-state index contributed by atoms with van der Waals surface area (Å²) in [5.74, 6) is 1.64. The van der Waals surface area contributed by atoms with Gasteiger partial charge in [-0.1, -0.05) is 25.1 Å². The van der Waals surface area contributed by atoms with Crippen molar-refractivity contribution in [1.29, 1.82) is 0 Å². The minimum absolute atomic E-state index is 0.483. The first-order valence-electron chi connectivity index (χ1n) is 6.31. The van der Waals surface area contributed by atoms with E-state index in [0.29, 0.717) is 6.04 Å². The molecule has 1 fully saturated rings. The van der Waals surface area contributed by atoms with Crippen LogP contribution in [0, 0.1) is 11.8 Å². The fraction of sp³-hybridized carbons (Fsp3) is 0.400. The Kier molecular flexibility index (Phi) is 2.60. The van der Waals surface area contributed by atoms with Crippen molar-refractivity contribution in [3.8, 4) is 0 Å². The normalized spacial score (nSPS) is 24.8. The molecule has 1 aromatic heterocycles. The van der Waals surface area contributed by atoms with Gasteiger partial charge in [-0.05, 0) is 42.3 Å². The highest BCUT2D eigenvalue weighted by Gasteiger charge is 2.39. The predicted molar refractivity (Wildman–Crippen MR) is 70.8 cm³/mol. The van der Waals surface area contributed by atoms with Gasteiger partial charge in [0.2, 0.25) is 0 Å². The first-order valence-corrected chi connectivity index (χ1v) is 6.31. The molecule has 1 heterocycles. The Bertz CT molecular complexity index is 530. The van der Waals surface area contributed by atoms with Gasteiger partial charge in [-0.3, -0.25) is 4.98 Å². The molecule has 0 amide bonds. The van der Waals surface area contributed by atoms with Crippen LogP contribution in [0.1, 0.15) is 24.9 Å². The second-order valence-electron chi connectivity index (χ2n) is 5.09. The zero-order valence-corrected chi connectivity index (χ0v) is 10.4. The molecule has 2 aromatic rings. The largest absolute Gasteiger partial charge is 0.313 e. The first kappa shape index (κ1) is 10.7. The second kappa shape index (κ2) is 4.11. The summed E-state index contributed by atoms with van der Waals surface area (Å²) in [4.78, 5) is 4.19. The van der Waals surface area contributed by atoms with E-state index >= 15 is 0 Å². The van der Waals surface area contributed by atoms with Crippen molar-refractivity contribution in [3.63, 3.8) is 0 Å². The van der Waals surface area contributed by atoms with E-state index in [1.165, 1.54) is 22.8 Å². The standard InChI is InChI=1S/C15H18N2/c1-10-8-14(10)15(16-2)13-5-3-4-11-9-17-7-6-12(11)13/h3-7,9-10,14-16H,8H2,1-2H3. The minimum Gasteiger partial charge on any atom is -0.313 e. The molecular weight excluding hydrogens is 208 g/mol. The summed E-state index contributed by atoms with van der Waals surface area (Å²) < 4.78 is 0. The number of rotatable bonds is 3. The van der Waals surface area contributed by atoms with Crippen molar-refractivity contribution in [2.45, 2.75) is 19.4 Å². The number of hydrogen-bond acceptors (Lipinski definition) is 2. The van der Waals surface area contributed by atoms with Gasteiger partial charge in [-0.2, -0.15) is 0 Å². The lowest BCUT2D eigenvalue weighted by molar-refractivity contribution is 0.507. The molecular formula is C15H18N2. The highest BCUT2D eigenvalue weighted by Crippen LogP contribution is 2.47. The van der Waals surface area contributed by atoms with Crippen LogP contribution in [0.2, 0.25) is 0 Å². The number of benzene rings is 1. The highest BCUT2D eigenvalue weighted by molar-refractivity contribution is 5.85. The van der Waals surface area contributed by atoms with E-state index in [2.05, 4.69) is 48.5 Å². The van der Waals surface area contributed by atoms with Crippen LogP contribution in [0.4, 0.5) is 0 Å². The molecule has 3 unspecified atom stereocenters. The van der Waals surface area contributed by atoms with Crippen LogP contribution in [-0.4, -0.2) is 12.0 Å². The Hall–Kier alpha value is -1.41. The molecule has 1 N–H and O–H groups in total. The maximum atomic E-state index is 4.19. The molecule has 1 aliphatic rings. The number of hydrogen-bond donors (Lipinski definition) is 1. The molecule has 1 saturated carbocycles. The summed E-state index contributed by atoms with van der Waals surface area (Å²) in [5, 5.41) is 6.05. The third-order valence-corrected chi connectivity index (χ3v) is 3.96. The molecule has 0 bridgehead atoms. The van der Waals surface area contributed by atoms with Gasteiger partial charge in [0.25, 0.3) is 0 Å². The number of nitrogens with one attached hydrogen (secondary N) is 1. The minimum atomic E-state index is 0.483. The van der Waals surface area contributed by atoms with E-state index < -0.39 is 0 Å². The lowest BCUT2D eigenvalue weighted by Gasteiger charge is -2.18. The lowest BCUT2D eigenvalue weighted by Crippen LogP contribution is -2.19. The number of nitrogens with zero attached hydrogens (tertiary/aromatic N) is 1. The summed E-state index contributed by atoms with van der Waals surface area (Å²) in [6, 6.07) is 9.12. The number of aromatic nitrogens is 1. The predicted octanol–water partition coefficient (Wildman–Crippen LogP) is 3.15. The van der Waals surface area contributed by atoms with Crippen molar-refractivity contribution in [2.24, 2.45) is 11.8 Å². The van der Waals surface area contributed by atoms with Gasteiger partial charge in [0, 0.05) is 23.8 Å². The van der Waals surface area contributed by atoms with Gasteiger partial charge in [-0.15, -0.1) is 0 Å². The van der Waals surface area contributed by atoms with Gasteiger partial charge < -0.3 is 5.32 Å². The SMILES string of the molecule is CNC(c1cccc2cnccc12)C1CC1C. The van der Waals surface area contributed by atoms with E-state index in [1.54, 1.807) is 0 Å². The summed E-state index contributed by atoms with van der Waals surface area (Å²) in [7, 11) is 2.07. The molecule has 3 rings (SSSR count). The molecule has 2 nitrogen and oxygen atoms in total. The van der Waals surface area contributed by atoms with Crippen LogP contribution >= 0.6 is 0 Å². The van der Waals surface area contributed by atoms with Crippen LogP contribution in [0.5, 0.6) is 0 Å². The van der Waals surface area contributed by atoms with Crippen LogP contribution in [0.25, 0.3) is 10.8 Å². The Morgan fingerprint density at radius 2 is 2.18 bits per heavy atom. The van der Waals surface area contributed by atoms with Gasteiger partial charge in [-0.25, -0.2) is 0 Å². The second-order valence-corrected chi connectivity index (χ2v) is 5.09. The van der Waals surface area contributed by atoms with E-state index in [0.717, 1.165) is 11.8 Å². The monoisotopic (exact) mass is 226 g/mol. The van der Waals surface area contributed by atoms with Crippen LogP contribution in [0.3, 0.4) is 0 Å². The maximum absolute atomic E-state index is 4.19. The molecule has 2 heteroatoms. The van der Waals surface area contributed by atoms with Crippen molar-refractivity contribution in [1.82, 2.24) is 10.3 Å². The van der Waals surface area contributed by atoms with Crippen molar-refractivity contribution in [2.75, 3.05) is 7.05 Å². The Morgan fingerprint density at radius 3 is 2.88 bits per heavy atom. The topological polar surface area (TPSA) is 24.9 Å². The van der Waals surface area contributed by atoms with Gasteiger partial charge in [0.15, 0.2) is 0 Å². The fourth-order valence-electron chi connectivity index (χ4n) is 2.83. The molecule has 1 aromatic carbocycles. The number of pyridine rings is 1. The third kappa shape index (κ3) is 1.83. The summed E-state index contributed by atoms with van der Waals surface area (Å²) in [6.45, 7) is 2.34. The Labute approximate surface area is 102 Å². The first-order chi connectivity index (χ1) is 8.31. The van der Waals surface area contributed by atoms with E-state index in [1.807, 2.05) is 12.4 Å². The molecule has 0 saturated heterocycles. The quantitative estimate of drug-likeness (QED) is 0.869. The van der Waals surface area contributed by atoms with Crippen molar-refractivity contribution >= 4 is 10.8 Å². The molecule has 0 spiro atoms. The van der Waals surface area contributed by atoms with E-state index in [-0.39, 0.29) is 0 Å². The van der Waals surface area contributed by atoms with Gasteiger partial charge >= 0.3 is 0 Å². The molecule has 0 radical (unpaired) electrons. The summed E-state index contributed by atoms with van der Waals surface area (Å²) in [6.07, 6.45) is 5.17. The van der Waals surface area contributed by atoms with Gasteiger partial charge in [0.1, 0.15) is 0 Å². The zero-order chi connectivity index (χ0) is 11.8. The number of fused-ring (bicyclic) bond motifs is 1. The van der Waals surface area contributed by atoms with Crippen LogP contribution < -0.4 is 5.32 Å². The average Bonchev–Trinajstić information content (AvgIpc) is 3.08. The molecule has 0 aliphatic heterocycles. The van der Waals surface area contributed by atoms with E-state index in [4.69, 9.17) is 0 Å². The van der Waals surface area contributed by atoms with Crippen LogP contribution in [-0.2, 0) is 0 Å². The van der Waals surface area contributed by atoms with Crippen LogP contribution in [0.15, 0.2) is 36.7 Å². The van der Waals surface area contributed by atoms with Crippen molar-refractivity contribution < 1.29 is 0 Å². The smallest absolute Gasteiger partial charge is 0.0355 e. The fourth-order valence-corrected chi connectivity index (χ4v) is 2.83. The Balaban J connectivity index is 2.09. The molecule has 88 valence electrons. The third-order valence-electron chi connectivity index (χ3n) is 3.96. The van der Waals surface area contributed by atoms with E-state index in [9.17, 15) is 0 Å². The summed E-state index contributed by atoms with van der Waals surface area (Å²) >= 11 is 0. The lowest BCUT2D eigenvalue weighted by atomic mass is 9.96. The average molecular weight is 226 g/mol. The zero-order valence-electron chi connectivity index (χ0n) is 10.4. The van der Waals surface area contributed by atoms with Gasteiger partial charge in [0.05, 0.1) is 0 Å². The molecule has 3 atom stereocenters. The summed E-state index contributed by atoms with van der Waals surface area (Å²) in [5.41, 5.74) is 1.42. The maximum Gasteiger partial charge on any atom is 0.0355 e. The molecule has 1 aliphatic carbocycles.